The molecule has 31 heavy (non-hydrogen) atoms. The molecule has 0 bridgehead atoms. The molecule has 8 nitrogen and oxygen atoms in total. The number of nitrogens with one attached hydrogen (secondary N) is 2. The van der Waals surface area contributed by atoms with E-state index in [0.29, 0.717) is 22.5 Å². The Morgan fingerprint density at radius 1 is 1.06 bits per heavy atom. The topological polar surface area (TPSA) is 102 Å². The molecule has 1 aromatic heterocycles. The lowest BCUT2D eigenvalue weighted by Crippen LogP contribution is -2.27. The zero-order chi connectivity index (χ0) is 22.3. The van der Waals surface area contributed by atoms with Gasteiger partial charge in [-0.05, 0) is 56.5 Å². The number of amides is 1. The molecule has 1 aliphatic rings. The SMILES string of the molecule is Cc1ccc(S(=O)(=O)Nc2c(C)n(C)n(-c3ccccc3)c2=O)cc1C(=O)NC1CC1. The number of aryl methyl sites for hydroxylation is 1. The Morgan fingerprint density at radius 2 is 1.74 bits per heavy atom. The van der Waals surface area contributed by atoms with Crippen molar-refractivity contribution in [3.05, 3.63) is 75.7 Å². The predicted molar refractivity (Wildman–Crippen MR) is 118 cm³/mol. The lowest BCUT2D eigenvalue weighted by Gasteiger charge is -2.11. The molecular formula is C22H24N4O4S. The van der Waals surface area contributed by atoms with Gasteiger partial charge >= 0.3 is 0 Å². The summed E-state index contributed by atoms with van der Waals surface area (Å²) in [5, 5.41) is 2.88. The van der Waals surface area contributed by atoms with Crippen LogP contribution < -0.4 is 15.6 Å². The summed E-state index contributed by atoms with van der Waals surface area (Å²) in [7, 11) is -2.40. The van der Waals surface area contributed by atoms with Crippen molar-refractivity contribution < 1.29 is 13.2 Å². The van der Waals surface area contributed by atoms with Gasteiger partial charge in [-0.15, -0.1) is 0 Å². The fourth-order valence-corrected chi connectivity index (χ4v) is 4.52. The maximum absolute atomic E-state index is 13.1. The van der Waals surface area contributed by atoms with Crippen molar-refractivity contribution in [2.75, 3.05) is 4.72 Å². The van der Waals surface area contributed by atoms with Crippen LogP contribution in [0.2, 0.25) is 0 Å². The highest BCUT2D eigenvalue weighted by atomic mass is 32.2. The molecule has 1 heterocycles. The first-order chi connectivity index (χ1) is 14.7. The largest absolute Gasteiger partial charge is 0.349 e. The molecule has 9 heteroatoms. The van der Waals surface area contributed by atoms with Crippen molar-refractivity contribution in [3.8, 4) is 5.69 Å². The van der Waals surface area contributed by atoms with Crippen LogP contribution in [-0.4, -0.2) is 29.7 Å². The molecule has 1 aliphatic carbocycles. The van der Waals surface area contributed by atoms with Gasteiger partial charge in [0.1, 0.15) is 5.69 Å². The highest BCUT2D eigenvalue weighted by molar-refractivity contribution is 7.92. The van der Waals surface area contributed by atoms with Gasteiger partial charge < -0.3 is 5.32 Å². The monoisotopic (exact) mass is 440 g/mol. The van der Waals surface area contributed by atoms with Gasteiger partial charge in [0.15, 0.2) is 0 Å². The van der Waals surface area contributed by atoms with Gasteiger partial charge in [0, 0.05) is 18.7 Å². The second-order valence-corrected chi connectivity index (χ2v) is 9.45. The third kappa shape index (κ3) is 4.00. The summed E-state index contributed by atoms with van der Waals surface area (Å²) in [6.07, 6.45) is 1.87. The van der Waals surface area contributed by atoms with Crippen LogP contribution in [0.3, 0.4) is 0 Å². The Labute approximate surface area is 180 Å². The van der Waals surface area contributed by atoms with E-state index >= 15 is 0 Å². The highest BCUT2D eigenvalue weighted by Crippen LogP contribution is 2.23. The molecular weight excluding hydrogens is 416 g/mol. The van der Waals surface area contributed by atoms with E-state index in [1.807, 2.05) is 6.07 Å². The number of carbonyl (C=O) groups excluding carboxylic acids is 1. The first-order valence-electron chi connectivity index (χ1n) is 9.97. The van der Waals surface area contributed by atoms with Gasteiger partial charge in [-0.2, -0.15) is 0 Å². The normalized spacial score (nSPS) is 13.8. The Balaban J connectivity index is 1.70. The van der Waals surface area contributed by atoms with Gasteiger partial charge in [-0.25, -0.2) is 13.1 Å². The van der Waals surface area contributed by atoms with Crippen molar-refractivity contribution in [3.63, 3.8) is 0 Å². The van der Waals surface area contributed by atoms with E-state index in [1.165, 1.54) is 16.8 Å². The summed E-state index contributed by atoms with van der Waals surface area (Å²) in [5.74, 6) is -0.292. The van der Waals surface area contributed by atoms with Crippen molar-refractivity contribution in [1.29, 1.82) is 0 Å². The van der Waals surface area contributed by atoms with Gasteiger partial charge in [-0.1, -0.05) is 24.3 Å². The fourth-order valence-electron chi connectivity index (χ4n) is 3.38. The van der Waals surface area contributed by atoms with E-state index in [1.54, 1.807) is 55.9 Å². The lowest BCUT2D eigenvalue weighted by molar-refractivity contribution is 0.0950. The van der Waals surface area contributed by atoms with Crippen molar-refractivity contribution in [1.82, 2.24) is 14.7 Å². The number of rotatable bonds is 6. The van der Waals surface area contributed by atoms with Crippen LogP contribution in [0.1, 0.15) is 34.5 Å². The number of benzene rings is 2. The molecule has 0 spiro atoms. The quantitative estimate of drug-likeness (QED) is 0.615. The third-order valence-electron chi connectivity index (χ3n) is 5.47. The zero-order valence-corrected chi connectivity index (χ0v) is 18.4. The summed E-state index contributed by atoms with van der Waals surface area (Å²) < 4.78 is 31.6. The first kappa shape index (κ1) is 20.9. The zero-order valence-electron chi connectivity index (χ0n) is 17.5. The smallest absolute Gasteiger partial charge is 0.296 e. The second kappa shape index (κ2) is 7.73. The molecule has 1 fully saturated rings. The maximum Gasteiger partial charge on any atom is 0.296 e. The van der Waals surface area contributed by atoms with Crippen LogP contribution in [-0.2, 0) is 17.1 Å². The average molecular weight is 441 g/mol. The van der Waals surface area contributed by atoms with Crippen molar-refractivity contribution in [2.45, 2.75) is 37.6 Å². The summed E-state index contributed by atoms with van der Waals surface area (Å²) in [6.45, 7) is 3.42. The molecule has 4 rings (SSSR count). The number of hydrogen-bond acceptors (Lipinski definition) is 4. The Hall–Kier alpha value is -3.33. The molecule has 3 aromatic rings. The number of nitrogens with zero attached hydrogens (tertiary/aromatic N) is 2. The fraction of sp³-hybridized carbons (Fsp3) is 0.273. The Kier molecular flexibility index (Phi) is 5.22. The molecule has 0 aliphatic heterocycles. The Morgan fingerprint density at radius 3 is 2.39 bits per heavy atom. The highest BCUT2D eigenvalue weighted by Gasteiger charge is 2.26. The molecule has 1 saturated carbocycles. The van der Waals surface area contributed by atoms with E-state index in [4.69, 9.17) is 0 Å². The van der Waals surface area contributed by atoms with Gasteiger partial charge in [0.2, 0.25) is 0 Å². The number of carbonyl (C=O) groups is 1. The van der Waals surface area contributed by atoms with Gasteiger partial charge in [0.05, 0.1) is 16.3 Å². The molecule has 162 valence electrons. The molecule has 0 radical (unpaired) electrons. The van der Waals surface area contributed by atoms with E-state index in [2.05, 4.69) is 10.0 Å². The molecule has 0 unspecified atom stereocenters. The number of hydrogen-bond donors (Lipinski definition) is 2. The first-order valence-corrected chi connectivity index (χ1v) is 11.5. The van der Waals surface area contributed by atoms with E-state index in [-0.39, 0.29) is 22.5 Å². The molecule has 0 atom stereocenters. The minimum absolute atomic E-state index is 0.0316. The maximum atomic E-state index is 13.1. The third-order valence-corrected chi connectivity index (χ3v) is 6.81. The Bertz CT molecular complexity index is 1320. The molecule has 2 aromatic carbocycles. The van der Waals surface area contributed by atoms with E-state index in [9.17, 15) is 18.0 Å². The second-order valence-electron chi connectivity index (χ2n) is 7.77. The summed E-state index contributed by atoms with van der Waals surface area (Å²) in [5.41, 5.74) is 1.57. The summed E-state index contributed by atoms with van der Waals surface area (Å²) in [6, 6.07) is 13.5. The van der Waals surface area contributed by atoms with E-state index < -0.39 is 15.6 Å². The van der Waals surface area contributed by atoms with Crippen LogP contribution in [0.4, 0.5) is 5.69 Å². The minimum atomic E-state index is -4.09. The molecule has 1 amide bonds. The number of para-hydroxylation sites is 1. The minimum Gasteiger partial charge on any atom is -0.349 e. The summed E-state index contributed by atoms with van der Waals surface area (Å²) >= 11 is 0. The van der Waals surface area contributed by atoms with Crippen molar-refractivity contribution >= 4 is 21.6 Å². The number of aromatic nitrogens is 2. The molecule has 2 N–H and O–H groups in total. The predicted octanol–water partition coefficient (Wildman–Crippen LogP) is 2.49. The molecule has 0 saturated heterocycles. The van der Waals surface area contributed by atoms with Gasteiger partial charge in [-0.3, -0.25) is 19.0 Å². The van der Waals surface area contributed by atoms with E-state index in [0.717, 1.165) is 12.8 Å². The van der Waals surface area contributed by atoms with Gasteiger partial charge in [0.25, 0.3) is 21.5 Å². The van der Waals surface area contributed by atoms with Crippen LogP contribution in [0.5, 0.6) is 0 Å². The van der Waals surface area contributed by atoms with Crippen LogP contribution in [0.15, 0.2) is 58.2 Å². The van der Waals surface area contributed by atoms with Crippen LogP contribution in [0.25, 0.3) is 5.69 Å². The van der Waals surface area contributed by atoms with Crippen LogP contribution >= 0.6 is 0 Å². The number of sulfonamides is 1. The van der Waals surface area contributed by atoms with Crippen LogP contribution in [0, 0.1) is 13.8 Å². The average Bonchev–Trinajstić information content (AvgIpc) is 3.53. The standard InChI is InChI=1S/C22H24N4O4S/c1-14-9-12-18(13-19(14)21(27)23-16-10-11-16)31(29,30)24-20-15(2)25(3)26(22(20)28)17-7-5-4-6-8-17/h4-9,12-13,16,24H,10-11H2,1-3H3,(H,23,27). The summed E-state index contributed by atoms with van der Waals surface area (Å²) in [4.78, 5) is 25.4. The van der Waals surface area contributed by atoms with Crippen molar-refractivity contribution in [2.24, 2.45) is 7.05 Å². The number of anilines is 1. The lowest BCUT2D eigenvalue weighted by atomic mass is 10.1.